The topological polar surface area (TPSA) is 55.2 Å². The second-order valence-electron chi connectivity index (χ2n) is 4.02. The smallest absolute Gasteiger partial charge is 0.304 e. The van der Waals surface area contributed by atoms with Crippen LogP contribution in [0.15, 0.2) is 36.4 Å². The zero-order valence-electron chi connectivity index (χ0n) is 10.1. The Kier molecular flexibility index (Phi) is 4.77. The van der Waals surface area contributed by atoms with Crippen molar-refractivity contribution >= 4 is 45.6 Å². The Morgan fingerprint density at radius 3 is 2.65 bits per heavy atom. The van der Waals surface area contributed by atoms with Crippen LogP contribution in [0.1, 0.15) is 5.56 Å². The van der Waals surface area contributed by atoms with E-state index in [2.05, 4.69) is 27.9 Å². The molecule has 4 nitrogen and oxygen atoms in total. The van der Waals surface area contributed by atoms with Gasteiger partial charge in [0.2, 0.25) is 5.82 Å². The first-order chi connectivity index (χ1) is 9.47. The van der Waals surface area contributed by atoms with Gasteiger partial charge in [-0.3, -0.25) is 10.1 Å². The minimum absolute atomic E-state index is 0.368. The highest BCUT2D eigenvalue weighted by molar-refractivity contribution is 14.1. The average molecular weight is 407 g/mol. The Morgan fingerprint density at radius 2 is 2.05 bits per heavy atom. The van der Waals surface area contributed by atoms with Crippen LogP contribution in [0.5, 0.6) is 0 Å². The molecule has 0 aliphatic rings. The Hall–Kier alpha value is -1.41. The number of benzene rings is 2. The molecule has 2 rings (SSSR count). The summed E-state index contributed by atoms with van der Waals surface area (Å²) in [5.41, 5.74) is 0.974. The van der Waals surface area contributed by atoms with Crippen LogP contribution < -0.4 is 5.32 Å². The molecular formula is C13H9ClFIN2O2. The lowest BCUT2D eigenvalue weighted by molar-refractivity contribution is -0.387. The molecule has 0 bridgehead atoms. The van der Waals surface area contributed by atoms with E-state index in [1.165, 1.54) is 12.1 Å². The van der Waals surface area contributed by atoms with Crippen LogP contribution in [0.2, 0.25) is 5.02 Å². The molecule has 0 aliphatic heterocycles. The first-order valence-electron chi connectivity index (χ1n) is 5.59. The van der Waals surface area contributed by atoms with Crippen LogP contribution in [0.4, 0.5) is 15.8 Å². The molecule has 0 unspecified atom stereocenters. The number of nitrogens with one attached hydrogen (secondary N) is 1. The van der Waals surface area contributed by atoms with E-state index in [0.29, 0.717) is 17.1 Å². The van der Waals surface area contributed by atoms with E-state index in [0.717, 1.165) is 15.3 Å². The lowest BCUT2D eigenvalue weighted by atomic mass is 10.2. The van der Waals surface area contributed by atoms with Gasteiger partial charge in [-0.2, -0.15) is 4.39 Å². The van der Waals surface area contributed by atoms with Crippen molar-refractivity contribution < 1.29 is 9.31 Å². The molecule has 1 N–H and O–H groups in total. The van der Waals surface area contributed by atoms with Crippen LogP contribution in [-0.4, -0.2) is 4.92 Å². The van der Waals surface area contributed by atoms with Gasteiger partial charge in [0.1, 0.15) is 0 Å². The third-order valence-electron chi connectivity index (χ3n) is 2.62. The fraction of sp³-hybridized carbons (Fsp3) is 0.0769. The summed E-state index contributed by atoms with van der Waals surface area (Å²) in [5.74, 6) is -0.833. The molecule has 2 aromatic rings. The van der Waals surface area contributed by atoms with E-state index in [1.807, 2.05) is 6.07 Å². The maximum Gasteiger partial charge on any atom is 0.304 e. The van der Waals surface area contributed by atoms with E-state index < -0.39 is 16.4 Å². The van der Waals surface area contributed by atoms with Gasteiger partial charge in [-0.25, -0.2) is 0 Å². The molecule has 0 fully saturated rings. The highest BCUT2D eigenvalue weighted by Crippen LogP contribution is 2.23. The Bertz CT molecular complexity index is 667. The second-order valence-corrected chi connectivity index (χ2v) is 5.62. The molecular weight excluding hydrogens is 398 g/mol. The van der Waals surface area contributed by atoms with E-state index >= 15 is 0 Å². The van der Waals surface area contributed by atoms with Gasteiger partial charge in [0.15, 0.2) is 0 Å². The van der Waals surface area contributed by atoms with E-state index in [9.17, 15) is 14.5 Å². The van der Waals surface area contributed by atoms with Crippen molar-refractivity contribution in [2.75, 3.05) is 5.32 Å². The molecule has 0 radical (unpaired) electrons. The normalized spacial score (nSPS) is 10.3. The van der Waals surface area contributed by atoms with Gasteiger partial charge in [0.05, 0.1) is 4.92 Å². The summed E-state index contributed by atoms with van der Waals surface area (Å²) in [4.78, 5) is 9.78. The molecule has 0 aromatic heterocycles. The summed E-state index contributed by atoms with van der Waals surface area (Å²) in [6.07, 6.45) is 0. The number of hydrogen-bond acceptors (Lipinski definition) is 3. The summed E-state index contributed by atoms with van der Waals surface area (Å²) >= 11 is 8.00. The Labute approximate surface area is 133 Å². The maximum absolute atomic E-state index is 13.5. The third-order valence-corrected chi connectivity index (χ3v) is 3.75. The quantitative estimate of drug-likeness (QED) is 0.458. The third kappa shape index (κ3) is 3.57. The van der Waals surface area contributed by atoms with Gasteiger partial charge in [0.25, 0.3) is 0 Å². The predicted octanol–water partition coefficient (Wildman–Crippen LogP) is 4.60. The zero-order chi connectivity index (χ0) is 14.7. The van der Waals surface area contributed by atoms with Gasteiger partial charge in [0, 0.05) is 26.9 Å². The van der Waals surface area contributed by atoms with Crippen molar-refractivity contribution in [3.63, 3.8) is 0 Å². The van der Waals surface area contributed by atoms with E-state index in [4.69, 9.17) is 11.6 Å². The van der Waals surface area contributed by atoms with Crippen LogP contribution in [0, 0.1) is 19.5 Å². The second kappa shape index (κ2) is 6.36. The van der Waals surface area contributed by atoms with Gasteiger partial charge in [-0.05, 0) is 52.4 Å². The summed E-state index contributed by atoms with van der Waals surface area (Å²) in [6.45, 7) is 0.368. The highest BCUT2D eigenvalue weighted by atomic mass is 127. The van der Waals surface area contributed by atoms with Gasteiger partial charge < -0.3 is 5.32 Å². The summed E-state index contributed by atoms with van der Waals surface area (Å²) in [5, 5.41) is 14.3. The first kappa shape index (κ1) is 15.0. The number of rotatable bonds is 4. The van der Waals surface area contributed by atoms with Crippen molar-refractivity contribution in [2.45, 2.75) is 6.54 Å². The molecule has 0 spiro atoms. The minimum atomic E-state index is -0.833. The minimum Gasteiger partial charge on any atom is -0.380 e. The molecule has 0 amide bonds. The summed E-state index contributed by atoms with van der Waals surface area (Å²) in [7, 11) is 0. The Balaban J connectivity index is 2.11. The SMILES string of the molecule is O=[N+]([O-])c1ccc(CNc2ccc(Cl)cc2I)cc1F. The van der Waals surface area contributed by atoms with Crippen molar-refractivity contribution in [2.24, 2.45) is 0 Å². The molecule has 2 aromatic carbocycles. The van der Waals surface area contributed by atoms with E-state index in [-0.39, 0.29) is 0 Å². The molecule has 20 heavy (non-hydrogen) atoms. The number of nitro benzene ring substituents is 1. The first-order valence-corrected chi connectivity index (χ1v) is 7.05. The maximum atomic E-state index is 13.5. The van der Waals surface area contributed by atoms with E-state index in [1.54, 1.807) is 12.1 Å². The molecule has 0 heterocycles. The molecule has 0 saturated carbocycles. The van der Waals surface area contributed by atoms with Gasteiger partial charge >= 0.3 is 5.69 Å². The fourth-order valence-electron chi connectivity index (χ4n) is 1.64. The fourth-order valence-corrected chi connectivity index (χ4v) is 2.70. The monoisotopic (exact) mass is 406 g/mol. The number of anilines is 1. The van der Waals surface area contributed by atoms with Crippen LogP contribution >= 0.6 is 34.2 Å². The van der Waals surface area contributed by atoms with Gasteiger partial charge in [-0.15, -0.1) is 0 Å². The average Bonchev–Trinajstić information content (AvgIpc) is 2.37. The summed E-state index contributed by atoms with van der Waals surface area (Å²) < 4.78 is 14.4. The van der Waals surface area contributed by atoms with Crippen molar-refractivity contribution in [1.29, 1.82) is 0 Å². The lowest BCUT2D eigenvalue weighted by Gasteiger charge is -2.09. The van der Waals surface area contributed by atoms with Crippen molar-refractivity contribution in [3.05, 3.63) is 66.5 Å². The number of hydrogen-bond donors (Lipinski definition) is 1. The summed E-state index contributed by atoms with van der Waals surface area (Å²) in [6, 6.07) is 9.24. The molecule has 0 aliphatic carbocycles. The molecule has 7 heteroatoms. The lowest BCUT2D eigenvalue weighted by Crippen LogP contribution is -2.02. The highest BCUT2D eigenvalue weighted by Gasteiger charge is 2.13. The molecule has 0 atom stereocenters. The van der Waals surface area contributed by atoms with Crippen molar-refractivity contribution in [3.8, 4) is 0 Å². The van der Waals surface area contributed by atoms with Crippen molar-refractivity contribution in [1.82, 2.24) is 0 Å². The molecule has 104 valence electrons. The van der Waals surface area contributed by atoms with Crippen LogP contribution in [0.25, 0.3) is 0 Å². The standard InChI is InChI=1S/C13H9ClFIN2O2/c14-9-2-3-12(11(16)6-9)17-7-8-1-4-13(18(19)20)10(15)5-8/h1-6,17H,7H2. The predicted molar refractivity (Wildman–Crippen MR) is 84.6 cm³/mol. The van der Waals surface area contributed by atoms with Crippen LogP contribution in [-0.2, 0) is 6.54 Å². The number of halogens is 3. The number of nitrogens with zero attached hydrogens (tertiary/aromatic N) is 1. The zero-order valence-corrected chi connectivity index (χ0v) is 13.0. The molecule has 0 saturated heterocycles. The Morgan fingerprint density at radius 1 is 1.30 bits per heavy atom. The van der Waals surface area contributed by atoms with Gasteiger partial charge in [-0.1, -0.05) is 17.7 Å². The van der Waals surface area contributed by atoms with Crippen LogP contribution in [0.3, 0.4) is 0 Å². The number of nitro groups is 1. The largest absolute Gasteiger partial charge is 0.380 e.